The zero-order chi connectivity index (χ0) is 19.8. The molecule has 0 aromatic rings. The molecule has 0 aromatic carbocycles. The highest BCUT2D eigenvalue weighted by atomic mass is 16.4. The van der Waals surface area contributed by atoms with Gasteiger partial charge in [-0.25, -0.2) is 0 Å². The van der Waals surface area contributed by atoms with Crippen molar-refractivity contribution in [1.82, 2.24) is 0 Å². The second kappa shape index (κ2) is 6.17. The van der Waals surface area contributed by atoms with Gasteiger partial charge in [-0.05, 0) is 91.4 Å². The molecular formula is C24H34O4. The van der Waals surface area contributed by atoms with Crippen molar-refractivity contribution < 1.29 is 19.8 Å². The number of carbonyl (C=O) groups is 2. The standard InChI is InChI=1S/C24H34O4/c1-3-13-10-14-11-15(25)4-5-16(14)17-6-8-23(2)22(21(13)17)18-12-19(18)24(23,28)9-7-20(26)27/h11,13,16-19,21-22,28H,3-10,12H2,1-2H3,(H,26,27)/t13-,16-,17+,18-,19+,21+,22-,23-,24-/m0/s1. The number of allylic oxidation sites excluding steroid dienone is 1. The molecular weight excluding hydrogens is 352 g/mol. The summed E-state index contributed by atoms with van der Waals surface area (Å²) in [7, 11) is 0. The Hall–Kier alpha value is -1.16. The molecule has 9 atom stereocenters. The topological polar surface area (TPSA) is 74.6 Å². The van der Waals surface area contributed by atoms with Gasteiger partial charge in [-0.15, -0.1) is 0 Å². The Morgan fingerprint density at radius 2 is 2.07 bits per heavy atom. The lowest BCUT2D eigenvalue weighted by Crippen LogP contribution is -2.57. The van der Waals surface area contributed by atoms with Crippen LogP contribution < -0.4 is 0 Å². The Morgan fingerprint density at radius 3 is 2.79 bits per heavy atom. The Kier molecular flexibility index (Phi) is 4.15. The van der Waals surface area contributed by atoms with Crippen LogP contribution in [0.3, 0.4) is 0 Å². The molecule has 154 valence electrons. The molecule has 4 heteroatoms. The summed E-state index contributed by atoms with van der Waals surface area (Å²) in [6.07, 6.45) is 9.59. The van der Waals surface area contributed by atoms with Gasteiger partial charge in [0.15, 0.2) is 5.78 Å². The van der Waals surface area contributed by atoms with Crippen molar-refractivity contribution in [3.8, 4) is 0 Å². The number of hydrogen-bond donors (Lipinski definition) is 2. The summed E-state index contributed by atoms with van der Waals surface area (Å²) in [5.41, 5.74) is 0.471. The van der Waals surface area contributed by atoms with Gasteiger partial charge in [0.05, 0.1) is 5.60 Å². The fraction of sp³-hybridized carbons (Fsp3) is 0.833. The molecule has 5 rings (SSSR count). The van der Waals surface area contributed by atoms with Crippen molar-refractivity contribution in [3.05, 3.63) is 11.6 Å². The van der Waals surface area contributed by atoms with E-state index < -0.39 is 11.6 Å². The van der Waals surface area contributed by atoms with E-state index in [0.29, 0.717) is 60.1 Å². The molecule has 0 heterocycles. The largest absolute Gasteiger partial charge is 0.481 e. The summed E-state index contributed by atoms with van der Waals surface area (Å²) in [4.78, 5) is 23.3. The highest BCUT2D eigenvalue weighted by molar-refractivity contribution is 5.91. The van der Waals surface area contributed by atoms with Gasteiger partial charge in [-0.1, -0.05) is 25.8 Å². The van der Waals surface area contributed by atoms with E-state index in [1.54, 1.807) is 0 Å². The molecule has 0 spiro atoms. The van der Waals surface area contributed by atoms with Gasteiger partial charge in [0.25, 0.3) is 0 Å². The van der Waals surface area contributed by atoms with Crippen molar-refractivity contribution in [2.24, 2.45) is 46.8 Å². The second-order valence-electron chi connectivity index (χ2n) is 10.8. The van der Waals surface area contributed by atoms with Crippen LogP contribution in [0.25, 0.3) is 0 Å². The highest BCUT2D eigenvalue weighted by Gasteiger charge is 2.75. The predicted octanol–water partition coefficient (Wildman–Crippen LogP) is 4.22. The summed E-state index contributed by atoms with van der Waals surface area (Å²) in [6, 6.07) is 0. The third kappa shape index (κ3) is 2.39. The molecule has 0 unspecified atom stereocenters. The highest BCUT2D eigenvalue weighted by Crippen LogP contribution is 2.77. The third-order valence-corrected chi connectivity index (χ3v) is 9.87. The average Bonchev–Trinajstić information content (AvgIpc) is 3.42. The Morgan fingerprint density at radius 1 is 1.29 bits per heavy atom. The van der Waals surface area contributed by atoms with Gasteiger partial charge < -0.3 is 10.2 Å². The third-order valence-electron chi connectivity index (χ3n) is 9.87. The minimum atomic E-state index is -0.803. The lowest BCUT2D eigenvalue weighted by atomic mass is 9.46. The van der Waals surface area contributed by atoms with Crippen LogP contribution in [-0.4, -0.2) is 27.6 Å². The number of carboxylic acid groups (broad SMARTS) is 1. The van der Waals surface area contributed by atoms with Crippen LogP contribution in [0.1, 0.15) is 71.6 Å². The van der Waals surface area contributed by atoms with Crippen LogP contribution in [0.5, 0.6) is 0 Å². The summed E-state index contributed by atoms with van der Waals surface area (Å²) in [5.74, 6) is 3.39. The van der Waals surface area contributed by atoms with E-state index in [1.807, 2.05) is 6.08 Å². The van der Waals surface area contributed by atoms with Gasteiger partial charge in [0, 0.05) is 12.8 Å². The van der Waals surface area contributed by atoms with Gasteiger partial charge in [-0.2, -0.15) is 0 Å². The number of rotatable bonds is 4. The van der Waals surface area contributed by atoms with Crippen molar-refractivity contribution in [3.63, 3.8) is 0 Å². The van der Waals surface area contributed by atoms with Gasteiger partial charge in [-0.3, -0.25) is 9.59 Å². The Balaban J connectivity index is 1.50. The van der Waals surface area contributed by atoms with Crippen molar-refractivity contribution in [2.75, 3.05) is 0 Å². The average molecular weight is 387 g/mol. The fourth-order valence-corrected chi connectivity index (χ4v) is 8.67. The number of aliphatic carboxylic acids is 1. The van der Waals surface area contributed by atoms with E-state index in [-0.39, 0.29) is 11.8 Å². The molecule has 28 heavy (non-hydrogen) atoms. The molecule has 0 aromatic heterocycles. The second-order valence-corrected chi connectivity index (χ2v) is 10.8. The minimum absolute atomic E-state index is 0.0744. The molecule has 0 saturated heterocycles. The molecule has 0 aliphatic heterocycles. The SMILES string of the molecule is CC[C@H]1CC2=CC(=O)CC[C@@H]2[C@H]2CC[C@@]3(C)[C@@H]([C@H]4C[C@H]4[C@@]3(O)CCC(=O)O)[C@H]12. The zero-order valence-electron chi connectivity index (χ0n) is 17.2. The summed E-state index contributed by atoms with van der Waals surface area (Å²) in [6.45, 7) is 4.57. The van der Waals surface area contributed by atoms with E-state index in [2.05, 4.69) is 13.8 Å². The zero-order valence-corrected chi connectivity index (χ0v) is 17.2. The van der Waals surface area contributed by atoms with Crippen LogP contribution >= 0.6 is 0 Å². The first kappa shape index (κ1) is 18.8. The molecule has 4 saturated carbocycles. The molecule has 4 nitrogen and oxygen atoms in total. The first-order valence-corrected chi connectivity index (χ1v) is 11.5. The van der Waals surface area contributed by atoms with Crippen LogP contribution in [0.15, 0.2) is 11.6 Å². The van der Waals surface area contributed by atoms with Crippen molar-refractivity contribution >= 4 is 11.8 Å². The molecule has 0 radical (unpaired) electrons. The molecule has 4 fully saturated rings. The Bertz CT molecular complexity index is 741. The maximum Gasteiger partial charge on any atom is 0.303 e. The van der Waals surface area contributed by atoms with E-state index in [4.69, 9.17) is 0 Å². The van der Waals surface area contributed by atoms with E-state index >= 15 is 0 Å². The fourth-order valence-electron chi connectivity index (χ4n) is 8.67. The number of carbonyl (C=O) groups excluding carboxylic acids is 1. The van der Waals surface area contributed by atoms with Gasteiger partial charge >= 0.3 is 5.97 Å². The number of aliphatic hydroxyl groups is 1. The first-order valence-electron chi connectivity index (χ1n) is 11.5. The molecule has 5 aliphatic rings. The van der Waals surface area contributed by atoms with Gasteiger partial charge in [0.1, 0.15) is 0 Å². The van der Waals surface area contributed by atoms with E-state index in [0.717, 1.165) is 38.5 Å². The maximum absolute atomic E-state index is 12.0. The Labute approximate surface area is 167 Å². The summed E-state index contributed by atoms with van der Waals surface area (Å²) in [5, 5.41) is 21.0. The number of carboxylic acids is 1. The lowest BCUT2D eigenvalue weighted by Gasteiger charge is -2.59. The van der Waals surface area contributed by atoms with E-state index in [9.17, 15) is 19.8 Å². The number of ketones is 1. The number of hydrogen-bond acceptors (Lipinski definition) is 3. The quantitative estimate of drug-likeness (QED) is 0.759. The monoisotopic (exact) mass is 386 g/mol. The maximum atomic E-state index is 12.0. The van der Waals surface area contributed by atoms with Crippen LogP contribution in [0.4, 0.5) is 0 Å². The minimum Gasteiger partial charge on any atom is -0.481 e. The van der Waals surface area contributed by atoms with Crippen LogP contribution in [0.2, 0.25) is 0 Å². The molecule has 5 aliphatic carbocycles. The van der Waals surface area contributed by atoms with Crippen LogP contribution in [0, 0.1) is 46.8 Å². The van der Waals surface area contributed by atoms with E-state index in [1.165, 1.54) is 5.57 Å². The smallest absolute Gasteiger partial charge is 0.303 e. The van der Waals surface area contributed by atoms with Crippen molar-refractivity contribution in [1.29, 1.82) is 0 Å². The van der Waals surface area contributed by atoms with Gasteiger partial charge in [0.2, 0.25) is 0 Å². The molecule has 2 N–H and O–H groups in total. The number of fused-ring (bicyclic) bond motifs is 7. The lowest BCUT2D eigenvalue weighted by molar-refractivity contribution is -0.159. The normalized spacial score (nSPS) is 51.5. The van der Waals surface area contributed by atoms with Crippen LogP contribution in [-0.2, 0) is 9.59 Å². The molecule has 0 bridgehead atoms. The predicted molar refractivity (Wildman–Crippen MR) is 105 cm³/mol. The summed E-state index contributed by atoms with van der Waals surface area (Å²) >= 11 is 0. The first-order chi connectivity index (χ1) is 13.3. The van der Waals surface area contributed by atoms with Crippen molar-refractivity contribution in [2.45, 2.75) is 77.2 Å². The summed E-state index contributed by atoms with van der Waals surface area (Å²) < 4.78 is 0. The molecule has 0 amide bonds.